The van der Waals surface area contributed by atoms with Gasteiger partial charge in [-0.05, 0) is 0 Å². The average Bonchev–Trinajstić information content (AvgIpc) is 3.28. The zero-order valence-electron chi connectivity index (χ0n) is 15.2. The molecule has 0 spiro atoms. The number of fused-ring (bicyclic) bond motifs is 6. The van der Waals surface area contributed by atoms with Gasteiger partial charge >= 0.3 is 173 Å². The molecule has 0 nitrogen and oxygen atoms in total. The Labute approximate surface area is 172 Å². The second-order valence-electron chi connectivity index (χ2n) is 7.73. The molecule has 0 amide bonds. The molecule has 124 valence electrons. The topological polar surface area (TPSA) is 0 Å². The van der Waals surface area contributed by atoms with Crippen LogP contribution in [-0.2, 0) is 37.4 Å². The molecule has 0 bridgehead atoms. The first-order valence-corrected chi connectivity index (χ1v) is 15.3. The maximum atomic E-state index is 2.42. The molecular formula is C26H18Hg. The zero-order chi connectivity index (χ0) is 17.8. The third-order valence-electron chi connectivity index (χ3n) is 6.28. The van der Waals surface area contributed by atoms with E-state index in [1.165, 1.54) is 33.4 Å². The van der Waals surface area contributed by atoms with Crippen LogP contribution in [0.5, 0.6) is 0 Å². The van der Waals surface area contributed by atoms with E-state index in [4.69, 9.17) is 0 Å². The molecule has 0 unspecified atom stereocenters. The molecule has 6 rings (SSSR count). The van der Waals surface area contributed by atoms with Gasteiger partial charge in [0.15, 0.2) is 0 Å². The van der Waals surface area contributed by atoms with Gasteiger partial charge in [0.25, 0.3) is 0 Å². The van der Waals surface area contributed by atoms with Crippen LogP contribution >= 0.6 is 0 Å². The molecular weight excluding hydrogens is 513 g/mol. The molecule has 27 heavy (non-hydrogen) atoms. The first-order valence-electron chi connectivity index (χ1n) is 9.76. The summed E-state index contributed by atoms with van der Waals surface area (Å²) in [6, 6.07) is 31.9. The van der Waals surface area contributed by atoms with Crippen molar-refractivity contribution in [2.75, 3.05) is 0 Å². The van der Waals surface area contributed by atoms with Gasteiger partial charge in [-0.1, -0.05) is 0 Å². The Bertz CT molecular complexity index is 1110. The van der Waals surface area contributed by atoms with Gasteiger partial charge in [-0.25, -0.2) is 0 Å². The Morgan fingerprint density at radius 3 is 1.41 bits per heavy atom. The Balaban J connectivity index is 1.43. The van der Waals surface area contributed by atoms with Crippen molar-refractivity contribution < 1.29 is 24.6 Å². The summed E-state index contributed by atoms with van der Waals surface area (Å²) in [5, 5.41) is 0. The summed E-state index contributed by atoms with van der Waals surface area (Å²) in [5.41, 5.74) is 12.1. The Hall–Kier alpha value is -2.18. The van der Waals surface area contributed by atoms with Crippen molar-refractivity contribution in [1.29, 1.82) is 0 Å². The molecule has 2 aliphatic rings. The predicted octanol–water partition coefficient (Wildman–Crippen LogP) is 4.86. The van der Waals surface area contributed by atoms with E-state index in [0.717, 1.165) is 12.8 Å². The fraction of sp³-hybridized carbons (Fsp3) is 0.0769. The second kappa shape index (κ2) is 6.17. The van der Waals surface area contributed by atoms with Crippen LogP contribution in [-0.4, -0.2) is 0 Å². The maximum absolute atomic E-state index is 2.42. The van der Waals surface area contributed by atoms with Crippen LogP contribution in [0.2, 0.25) is 0 Å². The summed E-state index contributed by atoms with van der Waals surface area (Å²) in [5.74, 6) is 0. The molecule has 0 heterocycles. The second-order valence-corrected chi connectivity index (χ2v) is 15.0. The van der Waals surface area contributed by atoms with Crippen LogP contribution in [0.15, 0.2) is 84.9 Å². The third kappa shape index (κ3) is 2.46. The van der Waals surface area contributed by atoms with Crippen LogP contribution in [0.4, 0.5) is 0 Å². The van der Waals surface area contributed by atoms with E-state index in [-0.39, 0.29) is 0 Å². The summed E-state index contributed by atoms with van der Waals surface area (Å²) in [6.07, 6.45) is 2.24. The molecule has 0 atom stereocenters. The van der Waals surface area contributed by atoms with Gasteiger partial charge in [0.2, 0.25) is 0 Å². The summed E-state index contributed by atoms with van der Waals surface area (Å²) in [7, 11) is 0. The van der Waals surface area contributed by atoms with Crippen molar-refractivity contribution in [3.05, 3.63) is 107 Å². The van der Waals surface area contributed by atoms with Crippen molar-refractivity contribution >= 4 is 6.14 Å². The number of benzene rings is 4. The fourth-order valence-corrected chi connectivity index (χ4v) is 12.7. The fourth-order valence-electron chi connectivity index (χ4n) is 4.98. The van der Waals surface area contributed by atoms with Gasteiger partial charge in [-0.3, -0.25) is 0 Å². The van der Waals surface area contributed by atoms with Crippen LogP contribution in [0, 0.1) is 0 Å². The monoisotopic (exact) mass is 532 g/mol. The van der Waals surface area contributed by atoms with Gasteiger partial charge in [0, 0.05) is 0 Å². The van der Waals surface area contributed by atoms with Crippen LogP contribution in [0.1, 0.15) is 22.3 Å². The van der Waals surface area contributed by atoms with Crippen molar-refractivity contribution in [3.8, 4) is 22.3 Å². The molecule has 0 saturated carbocycles. The van der Waals surface area contributed by atoms with E-state index in [9.17, 15) is 0 Å². The minimum absolute atomic E-state index is 1.12. The summed E-state index contributed by atoms with van der Waals surface area (Å²) >= 11 is -1.42. The van der Waals surface area contributed by atoms with Crippen LogP contribution in [0.3, 0.4) is 0 Å². The van der Waals surface area contributed by atoms with Gasteiger partial charge < -0.3 is 0 Å². The van der Waals surface area contributed by atoms with E-state index >= 15 is 0 Å². The molecule has 4 aromatic carbocycles. The molecule has 2 aliphatic carbocycles. The van der Waals surface area contributed by atoms with Gasteiger partial charge in [-0.2, -0.15) is 0 Å². The van der Waals surface area contributed by atoms with Crippen molar-refractivity contribution in [3.63, 3.8) is 0 Å². The SMILES string of the molecule is c1ccc2c(c1)Cc1[c]([Hg][c]3cccc4c3Cc3ccccc3-4)cccc1-2. The minimum atomic E-state index is -1.42. The number of hydrogen-bond donors (Lipinski definition) is 0. The number of rotatable bonds is 2. The Morgan fingerprint density at radius 1 is 0.444 bits per heavy atom. The first-order chi connectivity index (χ1) is 13.4. The summed E-state index contributed by atoms with van der Waals surface area (Å²) in [6.45, 7) is 0. The first kappa shape index (κ1) is 15.8. The molecule has 0 fully saturated rings. The Kier molecular flexibility index (Phi) is 3.62. The molecule has 0 saturated heterocycles. The molecule has 0 N–H and O–H groups in total. The van der Waals surface area contributed by atoms with E-state index < -0.39 is 24.6 Å². The predicted molar refractivity (Wildman–Crippen MR) is 109 cm³/mol. The third-order valence-corrected chi connectivity index (χ3v) is 14.4. The molecule has 0 aromatic heterocycles. The standard InChI is InChI=1S/2C13H9.Hg/c2*1-3-7-12-10(5-1)9-11-6-2-4-8-13(11)12;/h2*1-5,7-8H,9H2;. The van der Waals surface area contributed by atoms with E-state index in [1.54, 1.807) is 17.3 Å². The van der Waals surface area contributed by atoms with Crippen LogP contribution in [0.25, 0.3) is 22.3 Å². The number of hydrogen-bond acceptors (Lipinski definition) is 0. The zero-order valence-corrected chi connectivity index (χ0v) is 20.7. The van der Waals surface area contributed by atoms with Crippen LogP contribution < -0.4 is 6.14 Å². The summed E-state index contributed by atoms with van der Waals surface area (Å²) < 4.78 is 3.40. The van der Waals surface area contributed by atoms with Crippen molar-refractivity contribution in [2.24, 2.45) is 0 Å². The average molecular weight is 531 g/mol. The molecule has 0 aliphatic heterocycles. The quantitative estimate of drug-likeness (QED) is 0.280. The normalized spacial score (nSPS) is 12.7. The molecule has 1 heteroatoms. The van der Waals surface area contributed by atoms with E-state index in [1.807, 2.05) is 0 Å². The van der Waals surface area contributed by atoms with Gasteiger partial charge in [-0.15, -0.1) is 0 Å². The van der Waals surface area contributed by atoms with E-state index in [2.05, 4.69) is 84.9 Å². The van der Waals surface area contributed by atoms with Crippen molar-refractivity contribution in [2.45, 2.75) is 12.8 Å². The van der Waals surface area contributed by atoms with Crippen molar-refractivity contribution in [1.82, 2.24) is 0 Å². The molecule has 0 radical (unpaired) electrons. The Morgan fingerprint density at radius 2 is 0.889 bits per heavy atom. The van der Waals surface area contributed by atoms with E-state index in [0.29, 0.717) is 0 Å². The van der Waals surface area contributed by atoms with Gasteiger partial charge in [0.05, 0.1) is 0 Å². The summed E-state index contributed by atoms with van der Waals surface area (Å²) in [4.78, 5) is 0. The molecule has 4 aromatic rings. The van der Waals surface area contributed by atoms with Gasteiger partial charge in [0.1, 0.15) is 0 Å².